The first-order chi connectivity index (χ1) is 7.33. The van der Waals surface area contributed by atoms with Crippen molar-refractivity contribution >= 4 is 39.6 Å². The van der Waals surface area contributed by atoms with E-state index in [2.05, 4.69) is 34.4 Å². The van der Waals surface area contributed by atoms with E-state index in [1.165, 1.54) is 0 Å². The maximum Gasteiger partial charge on any atom is 0.193 e. The molecule has 2 aromatic carbocycles. The normalized spacial score (nSPS) is 9.40. The highest BCUT2D eigenvalue weighted by molar-refractivity contribution is 14.1. The van der Waals surface area contributed by atoms with Gasteiger partial charge in [-0.2, -0.15) is 0 Å². The van der Waals surface area contributed by atoms with Crippen LogP contribution in [0, 0.1) is 15.4 Å². The van der Waals surface area contributed by atoms with Crippen molar-refractivity contribution in [2.75, 3.05) is 0 Å². The number of carbonyl (C=O) groups excluding carboxylic acids is 1. The van der Waals surface area contributed by atoms with Crippen LogP contribution in [0.3, 0.4) is 0 Å². The minimum absolute atomic E-state index is 0.620. The van der Waals surface area contributed by atoms with Gasteiger partial charge in [-0.05, 0) is 46.0 Å². The molecular formula is C13H7IO. The van der Waals surface area contributed by atoms with E-state index in [0.29, 0.717) is 6.29 Å². The molecule has 0 saturated carbocycles. The predicted octanol–water partition coefficient (Wildman–Crippen LogP) is 2.99. The molecule has 0 fully saturated rings. The van der Waals surface area contributed by atoms with E-state index >= 15 is 0 Å². The van der Waals surface area contributed by atoms with Crippen LogP contribution in [0.25, 0.3) is 10.8 Å². The summed E-state index contributed by atoms with van der Waals surface area (Å²) in [5, 5.41) is 2.27. The summed E-state index contributed by atoms with van der Waals surface area (Å²) in [5.41, 5.74) is 0.907. The lowest BCUT2D eigenvalue weighted by molar-refractivity contribution is -0.103. The Hall–Kier alpha value is -1.34. The van der Waals surface area contributed by atoms with Crippen molar-refractivity contribution in [1.29, 1.82) is 0 Å². The van der Waals surface area contributed by atoms with Crippen LogP contribution in [-0.4, -0.2) is 6.29 Å². The zero-order valence-corrected chi connectivity index (χ0v) is 9.99. The Balaban J connectivity index is 2.79. The van der Waals surface area contributed by atoms with Crippen molar-refractivity contribution in [3.05, 3.63) is 45.5 Å². The molecule has 0 aliphatic heterocycles. The third kappa shape index (κ3) is 2.02. The largest absolute Gasteiger partial charge is 0.289 e. The van der Waals surface area contributed by atoms with E-state index in [4.69, 9.17) is 0 Å². The van der Waals surface area contributed by atoms with Crippen molar-refractivity contribution in [3.8, 4) is 11.8 Å². The van der Waals surface area contributed by atoms with E-state index in [-0.39, 0.29) is 0 Å². The highest BCUT2D eigenvalue weighted by Crippen LogP contribution is 2.23. The molecule has 0 unspecified atom stereocenters. The molecule has 0 atom stereocenters. The van der Waals surface area contributed by atoms with Crippen LogP contribution in [-0.2, 0) is 4.79 Å². The molecule has 15 heavy (non-hydrogen) atoms. The van der Waals surface area contributed by atoms with Crippen molar-refractivity contribution < 1.29 is 4.79 Å². The number of benzene rings is 2. The summed E-state index contributed by atoms with van der Waals surface area (Å²) in [7, 11) is 0. The van der Waals surface area contributed by atoms with Crippen LogP contribution < -0.4 is 0 Å². The van der Waals surface area contributed by atoms with Gasteiger partial charge in [0.15, 0.2) is 6.29 Å². The Morgan fingerprint density at radius 1 is 1.13 bits per heavy atom. The second-order valence-corrected chi connectivity index (χ2v) is 4.19. The summed E-state index contributed by atoms with van der Waals surface area (Å²) < 4.78 is 1.15. The topological polar surface area (TPSA) is 17.1 Å². The Labute approximate surface area is 102 Å². The van der Waals surface area contributed by atoms with Gasteiger partial charge in [0.1, 0.15) is 0 Å². The first-order valence-corrected chi connectivity index (χ1v) is 5.53. The molecule has 2 heteroatoms. The predicted molar refractivity (Wildman–Crippen MR) is 69.6 cm³/mol. The fourth-order valence-electron chi connectivity index (χ4n) is 1.51. The minimum atomic E-state index is 0.620. The van der Waals surface area contributed by atoms with Crippen LogP contribution in [0.4, 0.5) is 0 Å². The second-order valence-electron chi connectivity index (χ2n) is 3.03. The molecular weight excluding hydrogens is 299 g/mol. The quantitative estimate of drug-likeness (QED) is 0.415. The van der Waals surface area contributed by atoms with E-state index in [9.17, 15) is 4.79 Å². The Morgan fingerprint density at radius 3 is 2.60 bits per heavy atom. The fourth-order valence-corrected chi connectivity index (χ4v) is 2.32. The van der Waals surface area contributed by atoms with Gasteiger partial charge < -0.3 is 0 Å². The van der Waals surface area contributed by atoms with E-state index < -0.39 is 0 Å². The van der Waals surface area contributed by atoms with Crippen molar-refractivity contribution in [1.82, 2.24) is 0 Å². The third-order valence-electron chi connectivity index (χ3n) is 2.12. The standard InChI is InChI=1S/C13H7IO/c14-12-8-2-6-10-4-1-5-11(13(10)12)7-3-9-15/h1-2,4-6,8-9H. The van der Waals surface area contributed by atoms with Crippen molar-refractivity contribution in [2.45, 2.75) is 0 Å². The SMILES string of the molecule is O=CC#Cc1cccc2cccc(I)c12. The van der Waals surface area contributed by atoms with Crippen LogP contribution in [0.2, 0.25) is 0 Å². The molecule has 72 valence electrons. The molecule has 0 heterocycles. The lowest BCUT2D eigenvalue weighted by Gasteiger charge is -2.02. The number of hydrogen-bond acceptors (Lipinski definition) is 1. The fraction of sp³-hybridized carbons (Fsp3) is 0. The lowest BCUT2D eigenvalue weighted by atomic mass is 10.1. The molecule has 0 spiro atoms. The van der Waals surface area contributed by atoms with Gasteiger partial charge in [-0.25, -0.2) is 0 Å². The smallest absolute Gasteiger partial charge is 0.193 e. The number of fused-ring (bicyclic) bond motifs is 1. The van der Waals surface area contributed by atoms with Crippen LogP contribution >= 0.6 is 22.6 Å². The maximum absolute atomic E-state index is 10.2. The zero-order chi connectivity index (χ0) is 10.7. The molecule has 2 aromatic rings. The van der Waals surface area contributed by atoms with Gasteiger partial charge in [0, 0.05) is 14.5 Å². The molecule has 0 bridgehead atoms. The van der Waals surface area contributed by atoms with Crippen LogP contribution in [0.5, 0.6) is 0 Å². The summed E-state index contributed by atoms with van der Waals surface area (Å²) >= 11 is 2.28. The summed E-state index contributed by atoms with van der Waals surface area (Å²) in [5.74, 6) is 5.31. The second kappa shape index (κ2) is 4.45. The number of halogens is 1. The molecule has 0 aliphatic carbocycles. The van der Waals surface area contributed by atoms with Gasteiger partial charge >= 0.3 is 0 Å². The monoisotopic (exact) mass is 306 g/mol. The van der Waals surface area contributed by atoms with Gasteiger partial charge in [-0.15, -0.1) is 0 Å². The average molecular weight is 306 g/mol. The molecule has 0 saturated heterocycles. The first kappa shape index (κ1) is 10.2. The number of hydrogen-bond donors (Lipinski definition) is 0. The van der Waals surface area contributed by atoms with E-state index in [1.807, 2.05) is 36.4 Å². The van der Waals surface area contributed by atoms with Gasteiger partial charge in [-0.3, -0.25) is 4.79 Å². The van der Waals surface area contributed by atoms with Gasteiger partial charge in [0.25, 0.3) is 0 Å². The van der Waals surface area contributed by atoms with Crippen LogP contribution in [0.15, 0.2) is 36.4 Å². The van der Waals surface area contributed by atoms with Gasteiger partial charge in [0.2, 0.25) is 0 Å². The number of rotatable bonds is 0. The minimum Gasteiger partial charge on any atom is -0.289 e. The Morgan fingerprint density at radius 2 is 1.87 bits per heavy atom. The van der Waals surface area contributed by atoms with Crippen molar-refractivity contribution in [2.24, 2.45) is 0 Å². The van der Waals surface area contributed by atoms with Crippen LogP contribution in [0.1, 0.15) is 5.56 Å². The van der Waals surface area contributed by atoms with Gasteiger partial charge in [-0.1, -0.05) is 30.2 Å². The average Bonchev–Trinajstić information content (AvgIpc) is 2.26. The van der Waals surface area contributed by atoms with Crippen molar-refractivity contribution in [3.63, 3.8) is 0 Å². The summed E-state index contributed by atoms with van der Waals surface area (Å²) in [6.45, 7) is 0. The summed E-state index contributed by atoms with van der Waals surface area (Å²) in [6, 6.07) is 12.0. The molecule has 0 N–H and O–H groups in total. The highest BCUT2D eigenvalue weighted by Gasteiger charge is 2.01. The lowest BCUT2D eigenvalue weighted by Crippen LogP contribution is -1.83. The molecule has 1 nitrogen and oxygen atoms in total. The molecule has 0 aromatic heterocycles. The summed E-state index contributed by atoms with van der Waals surface area (Å²) in [4.78, 5) is 10.2. The summed E-state index contributed by atoms with van der Waals surface area (Å²) in [6.07, 6.45) is 0.620. The number of carbonyl (C=O) groups is 1. The zero-order valence-electron chi connectivity index (χ0n) is 7.83. The van der Waals surface area contributed by atoms with E-state index in [1.54, 1.807) is 0 Å². The Kier molecular flexibility index (Phi) is 3.02. The third-order valence-corrected chi connectivity index (χ3v) is 3.02. The molecule has 0 amide bonds. The molecule has 0 aliphatic rings. The van der Waals surface area contributed by atoms with E-state index in [0.717, 1.165) is 19.9 Å². The first-order valence-electron chi connectivity index (χ1n) is 4.45. The van der Waals surface area contributed by atoms with Gasteiger partial charge in [0.05, 0.1) is 0 Å². The number of aldehydes is 1. The Bertz CT molecular complexity index is 571. The molecule has 0 radical (unpaired) electrons. The molecule has 2 rings (SSSR count). The maximum atomic E-state index is 10.2. The highest BCUT2D eigenvalue weighted by atomic mass is 127.